The van der Waals surface area contributed by atoms with Crippen LogP contribution in [0.4, 0.5) is 20.6 Å². The Kier molecular flexibility index (Phi) is 4.39. The Morgan fingerprint density at radius 2 is 1.81 bits per heavy atom. The van der Waals surface area contributed by atoms with E-state index in [0.717, 1.165) is 0 Å². The fourth-order valence-electron chi connectivity index (χ4n) is 1.61. The van der Waals surface area contributed by atoms with Crippen molar-refractivity contribution < 1.29 is 19.1 Å². The van der Waals surface area contributed by atoms with E-state index in [4.69, 9.17) is 16.7 Å². The van der Waals surface area contributed by atoms with Crippen LogP contribution in [0.15, 0.2) is 42.5 Å². The van der Waals surface area contributed by atoms with Gasteiger partial charge < -0.3 is 15.7 Å². The largest absolute Gasteiger partial charge is 0.478 e. The molecule has 0 fully saturated rings. The maximum absolute atomic E-state index is 13.4. The van der Waals surface area contributed by atoms with Crippen molar-refractivity contribution in [3.05, 3.63) is 58.9 Å². The van der Waals surface area contributed by atoms with Gasteiger partial charge in [0.15, 0.2) is 0 Å². The lowest BCUT2D eigenvalue weighted by molar-refractivity contribution is 0.0697. The Labute approximate surface area is 124 Å². The van der Waals surface area contributed by atoms with Gasteiger partial charge in [-0.25, -0.2) is 14.0 Å². The minimum atomic E-state index is -1.21. The van der Waals surface area contributed by atoms with E-state index in [-0.39, 0.29) is 22.0 Å². The molecule has 3 N–H and O–H groups in total. The van der Waals surface area contributed by atoms with E-state index in [2.05, 4.69) is 10.6 Å². The SMILES string of the molecule is O=C(Nc1ccc(Cl)c(C(=O)O)c1)Nc1ccccc1F. The Morgan fingerprint density at radius 1 is 1.10 bits per heavy atom. The number of hydrogen-bond donors (Lipinski definition) is 3. The van der Waals surface area contributed by atoms with Crippen molar-refractivity contribution in [1.29, 1.82) is 0 Å². The zero-order chi connectivity index (χ0) is 15.4. The second kappa shape index (κ2) is 6.23. The van der Waals surface area contributed by atoms with Crippen LogP contribution in [0.5, 0.6) is 0 Å². The van der Waals surface area contributed by atoms with Gasteiger partial charge in [0, 0.05) is 5.69 Å². The maximum Gasteiger partial charge on any atom is 0.337 e. The van der Waals surface area contributed by atoms with Gasteiger partial charge in [0.25, 0.3) is 0 Å². The summed E-state index contributed by atoms with van der Waals surface area (Å²) in [6, 6.07) is 8.99. The van der Waals surface area contributed by atoms with Crippen molar-refractivity contribution in [3.63, 3.8) is 0 Å². The van der Waals surface area contributed by atoms with Crippen LogP contribution >= 0.6 is 11.6 Å². The average Bonchev–Trinajstić information content (AvgIpc) is 2.43. The quantitative estimate of drug-likeness (QED) is 0.806. The third kappa shape index (κ3) is 3.70. The number of urea groups is 1. The minimum Gasteiger partial charge on any atom is -0.478 e. The monoisotopic (exact) mass is 308 g/mol. The lowest BCUT2D eigenvalue weighted by Crippen LogP contribution is -2.20. The number of carboxylic acids is 1. The predicted octanol–water partition coefficient (Wildman–Crippen LogP) is 3.82. The van der Waals surface area contributed by atoms with Crippen LogP contribution in [0.2, 0.25) is 5.02 Å². The predicted molar refractivity (Wildman–Crippen MR) is 77.5 cm³/mol. The highest BCUT2D eigenvalue weighted by Crippen LogP contribution is 2.21. The molecule has 0 saturated heterocycles. The zero-order valence-corrected chi connectivity index (χ0v) is 11.3. The number of para-hydroxylation sites is 1. The van der Waals surface area contributed by atoms with E-state index < -0.39 is 17.8 Å². The number of amides is 2. The molecule has 0 aromatic heterocycles. The van der Waals surface area contributed by atoms with Crippen molar-refractivity contribution in [2.24, 2.45) is 0 Å². The molecule has 0 aliphatic carbocycles. The molecule has 0 aliphatic rings. The van der Waals surface area contributed by atoms with E-state index in [1.165, 1.54) is 36.4 Å². The molecule has 0 bridgehead atoms. The van der Waals surface area contributed by atoms with Crippen LogP contribution in [0.1, 0.15) is 10.4 Å². The summed E-state index contributed by atoms with van der Waals surface area (Å²) in [6.45, 7) is 0. The van der Waals surface area contributed by atoms with Crippen molar-refractivity contribution in [1.82, 2.24) is 0 Å². The Bertz CT molecular complexity index is 706. The number of nitrogens with one attached hydrogen (secondary N) is 2. The summed E-state index contributed by atoms with van der Waals surface area (Å²) in [5.41, 5.74) is 0.105. The lowest BCUT2D eigenvalue weighted by atomic mass is 10.2. The van der Waals surface area contributed by atoms with E-state index in [0.29, 0.717) is 0 Å². The number of carboxylic acid groups (broad SMARTS) is 1. The number of carbonyl (C=O) groups excluding carboxylic acids is 1. The highest BCUT2D eigenvalue weighted by atomic mass is 35.5. The van der Waals surface area contributed by atoms with Gasteiger partial charge in [-0.3, -0.25) is 0 Å². The third-order valence-electron chi connectivity index (χ3n) is 2.58. The van der Waals surface area contributed by atoms with Crippen LogP contribution in [0, 0.1) is 5.82 Å². The van der Waals surface area contributed by atoms with Gasteiger partial charge >= 0.3 is 12.0 Å². The summed E-state index contributed by atoms with van der Waals surface area (Å²) in [6.07, 6.45) is 0. The molecular formula is C14H10ClFN2O3. The highest BCUT2D eigenvalue weighted by molar-refractivity contribution is 6.33. The molecule has 2 aromatic carbocycles. The number of carbonyl (C=O) groups is 2. The topological polar surface area (TPSA) is 78.4 Å². The van der Waals surface area contributed by atoms with Crippen LogP contribution in [0.25, 0.3) is 0 Å². The van der Waals surface area contributed by atoms with Crippen LogP contribution in [0.3, 0.4) is 0 Å². The molecule has 5 nitrogen and oxygen atoms in total. The van der Waals surface area contributed by atoms with Gasteiger partial charge in [0.1, 0.15) is 5.82 Å². The summed E-state index contributed by atoms with van der Waals surface area (Å²) >= 11 is 5.72. The molecule has 2 rings (SSSR count). The number of rotatable bonds is 3. The summed E-state index contributed by atoms with van der Waals surface area (Å²) in [5, 5.41) is 13.7. The summed E-state index contributed by atoms with van der Waals surface area (Å²) in [5.74, 6) is -1.78. The second-order valence-electron chi connectivity index (χ2n) is 4.06. The fraction of sp³-hybridized carbons (Fsp3) is 0. The Balaban J connectivity index is 2.12. The molecular weight excluding hydrogens is 299 g/mol. The van der Waals surface area contributed by atoms with Crippen molar-refractivity contribution in [3.8, 4) is 0 Å². The van der Waals surface area contributed by atoms with Gasteiger partial charge in [-0.1, -0.05) is 23.7 Å². The molecule has 0 radical (unpaired) electrons. The summed E-state index contributed by atoms with van der Waals surface area (Å²) in [7, 11) is 0. The Hall–Kier alpha value is -2.60. The fourth-order valence-corrected chi connectivity index (χ4v) is 1.81. The van der Waals surface area contributed by atoms with Crippen LogP contribution < -0.4 is 10.6 Å². The number of hydrogen-bond acceptors (Lipinski definition) is 2. The molecule has 0 spiro atoms. The molecule has 0 heterocycles. The first-order valence-corrected chi connectivity index (χ1v) is 6.20. The van der Waals surface area contributed by atoms with Crippen molar-refractivity contribution >= 4 is 35.0 Å². The van der Waals surface area contributed by atoms with Gasteiger partial charge in [-0.15, -0.1) is 0 Å². The third-order valence-corrected chi connectivity index (χ3v) is 2.91. The molecule has 2 amide bonds. The first kappa shape index (κ1) is 14.8. The normalized spacial score (nSPS) is 10.0. The lowest BCUT2D eigenvalue weighted by Gasteiger charge is -2.09. The molecule has 108 valence electrons. The molecule has 2 aromatic rings. The zero-order valence-electron chi connectivity index (χ0n) is 10.6. The second-order valence-corrected chi connectivity index (χ2v) is 4.47. The van der Waals surface area contributed by atoms with E-state index in [1.807, 2.05) is 0 Å². The van der Waals surface area contributed by atoms with E-state index in [9.17, 15) is 14.0 Å². The molecule has 0 saturated carbocycles. The first-order valence-electron chi connectivity index (χ1n) is 5.83. The standard InChI is InChI=1S/C14H10ClFN2O3/c15-10-6-5-8(7-9(10)13(19)20)17-14(21)18-12-4-2-1-3-11(12)16/h1-7H,(H,19,20)(H2,17,18,21). The first-order chi connectivity index (χ1) is 9.97. The van der Waals surface area contributed by atoms with Crippen molar-refractivity contribution in [2.75, 3.05) is 10.6 Å². The Morgan fingerprint density at radius 3 is 2.48 bits per heavy atom. The van der Waals surface area contributed by atoms with E-state index >= 15 is 0 Å². The molecule has 0 atom stereocenters. The van der Waals surface area contributed by atoms with Gasteiger partial charge in [-0.05, 0) is 30.3 Å². The minimum absolute atomic E-state index is 0.0161. The van der Waals surface area contributed by atoms with Crippen LogP contribution in [-0.2, 0) is 0 Å². The maximum atomic E-state index is 13.4. The van der Waals surface area contributed by atoms with Gasteiger partial charge in [0.2, 0.25) is 0 Å². The average molecular weight is 309 g/mol. The number of aromatic carboxylic acids is 1. The molecule has 0 aliphatic heterocycles. The number of benzene rings is 2. The van der Waals surface area contributed by atoms with Gasteiger partial charge in [0.05, 0.1) is 16.3 Å². The van der Waals surface area contributed by atoms with Gasteiger partial charge in [-0.2, -0.15) is 0 Å². The summed E-state index contributed by atoms with van der Waals surface area (Å²) < 4.78 is 13.4. The molecule has 21 heavy (non-hydrogen) atoms. The number of anilines is 2. The molecule has 7 heteroatoms. The highest BCUT2D eigenvalue weighted by Gasteiger charge is 2.11. The summed E-state index contributed by atoms with van der Waals surface area (Å²) in [4.78, 5) is 22.7. The van der Waals surface area contributed by atoms with Crippen LogP contribution in [-0.4, -0.2) is 17.1 Å². The molecule has 0 unspecified atom stereocenters. The smallest absolute Gasteiger partial charge is 0.337 e. The number of halogens is 2. The van der Waals surface area contributed by atoms with E-state index in [1.54, 1.807) is 6.07 Å². The van der Waals surface area contributed by atoms with Crippen molar-refractivity contribution in [2.45, 2.75) is 0 Å².